The summed E-state index contributed by atoms with van der Waals surface area (Å²) in [5, 5.41) is 8.88. The molecule has 0 spiro atoms. The maximum Gasteiger partial charge on any atom is 0.175 e. The molecule has 0 saturated carbocycles. The van der Waals surface area contributed by atoms with Crippen LogP contribution >= 0.6 is 0 Å². The van der Waals surface area contributed by atoms with Gasteiger partial charge >= 0.3 is 0 Å². The number of phenolic OH excluding ortho intramolecular Hbond substituents is 1. The fraction of sp³-hybridized carbons (Fsp3) is 0.125. The third kappa shape index (κ3) is 1.37. The summed E-state index contributed by atoms with van der Waals surface area (Å²) in [7, 11) is 0. The molecule has 2 nitrogen and oxygen atoms in total. The highest BCUT2D eigenvalue weighted by Crippen LogP contribution is 2.19. The van der Waals surface area contributed by atoms with Crippen LogP contribution in [0.2, 0.25) is 0 Å². The number of carbonyl (C=O) groups is 1. The van der Waals surface area contributed by atoms with Crippen LogP contribution in [0.25, 0.3) is 0 Å². The molecular weight excluding hydrogens is 147 g/mol. The molecule has 11 heavy (non-hydrogen) atoms. The first-order valence-corrected chi connectivity index (χ1v) is 3.09. The highest BCUT2D eigenvalue weighted by atomic mass is 19.1. The number of carbonyl (C=O) groups excluding carboxylic acids is 1. The van der Waals surface area contributed by atoms with Gasteiger partial charge in [0.1, 0.15) is 0 Å². The zero-order valence-electron chi connectivity index (χ0n) is 5.97. The third-order valence-electron chi connectivity index (χ3n) is 1.35. The van der Waals surface area contributed by atoms with Gasteiger partial charge in [-0.05, 0) is 24.6 Å². The number of aryl methyl sites for hydroxylation is 1. The van der Waals surface area contributed by atoms with Crippen molar-refractivity contribution in [1.29, 1.82) is 0 Å². The summed E-state index contributed by atoms with van der Waals surface area (Å²) in [5.74, 6) is -1.34. The van der Waals surface area contributed by atoms with Crippen molar-refractivity contribution in [1.82, 2.24) is 0 Å². The number of benzene rings is 1. The van der Waals surface area contributed by atoms with Crippen molar-refractivity contribution in [2.75, 3.05) is 0 Å². The number of phenols is 1. The Bertz CT molecular complexity index is 294. The highest BCUT2D eigenvalue weighted by Gasteiger charge is 2.06. The average molecular weight is 154 g/mol. The molecule has 0 saturated heterocycles. The summed E-state index contributed by atoms with van der Waals surface area (Å²) in [6.45, 7) is 1.67. The van der Waals surface area contributed by atoms with Crippen molar-refractivity contribution < 1.29 is 14.3 Å². The molecule has 3 heteroatoms. The van der Waals surface area contributed by atoms with Gasteiger partial charge in [0, 0.05) is 0 Å². The number of aromatic hydroxyl groups is 1. The highest BCUT2D eigenvalue weighted by molar-refractivity contribution is 5.76. The summed E-state index contributed by atoms with van der Waals surface area (Å²) in [4.78, 5) is 10.2. The lowest BCUT2D eigenvalue weighted by molar-refractivity contribution is 0.111. The zero-order chi connectivity index (χ0) is 8.43. The van der Waals surface area contributed by atoms with E-state index in [1.807, 2.05) is 0 Å². The number of hydrogen-bond acceptors (Lipinski definition) is 2. The molecule has 0 aliphatic rings. The molecule has 1 aromatic rings. The Morgan fingerprint density at radius 3 is 2.73 bits per heavy atom. The lowest BCUT2D eigenvalue weighted by atomic mass is 10.1. The van der Waals surface area contributed by atoms with Gasteiger partial charge in [0.2, 0.25) is 0 Å². The van der Waals surface area contributed by atoms with Crippen LogP contribution in [0.1, 0.15) is 15.9 Å². The van der Waals surface area contributed by atoms with Crippen molar-refractivity contribution in [3.8, 4) is 5.75 Å². The largest absolute Gasteiger partial charge is 0.505 e. The topological polar surface area (TPSA) is 37.3 Å². The van der Waals surface area contributed by atoms with Crippen molar-refractivity contribution >= 4 is 6.29 Å². The smallest absolute Gasteiger partial charge is 0.175 e. The second-order valence-corrected chi connectivity index (χ2v) is 2.31. The lowest BCUT2D eigenvalue weighted by Gasteiger charge is -1.99. The van der Waals surface area contributed by atoms with Crippen LogP contribution in [0, 0.1) is 12.7 Å². The van der Waals surface area contributed by atoms with Crippen LogP contribution in [0.3, 0.4) is 0 Å². The first-order chi connectivity index (χ1) is 5.15. The molecule has 0 heterocycles. The summed E-state index contributed by atoms with van der Waals surface area (Å²) in [5.41, 5.74) is 0.550. The van der Waals surface area contributed by atoms with Gasteiger partial charge in [-0.25, -0.2) is 4.39 Å². The fourth-order valence-corrected chi connectivity index (χ4v) is 0.863. The Hall–Kier alpha value is -1.38. The van der Waals surface area contributed by atoms with Crippen LogP contribution in [0.4, 0.5) is 4.39 Å². The minimum Gasteiger partial charge on any atom is -0.505 e. The quantitative estimate of drug-likeness (QED) is 0.624. The first kappa shape index (κ1) is 7.72. The van der Waals surface area contributed by atoms with Crippen molar-refractivity contribution in [3.05, 3.63) is 29.1 Å². The van der Waals surface area contributed by atoms with Crippen LogP contribution in [-0.4, -0.2) is 11.4 Å². The second kappa shape index (κ2) is 2.70. The van der Waals surface area contributed by atoms with E-state index in [0.717, 1.165) is 0 Å². The number of aldehydes is 1. The molecule has 0 amide bonds. The predicted octanol–water partition coefficient (Wildman–Crippen LogP) is 1.65. The Kier molecular flexibility index (Phi) is 1.89. The average Bonchev–Trinajstić information content (AvgIpc) is 1.96. The fourth-order valence-electron chi connectivity index (χ4n) is 0.863. The van der Waals surface area contributed by atoms with Gasteiger partial charge in [0.05, 0.1) is 5.56 Å². The molecular formula is C8H7FO2. The van der Waals surface area contributed by atoms with Crippen LogP contribution in [-0.2, 0) is 0 Å². The van der Waals surface area contributed by atoms with Crippen molar-refractivity contribution in [2.24, 2.45) is 0 Å². The molecule has 0 bridgehead atoms. The van der Waals surface area contributed by atoms with E-state index in [1.165, 1.54) is 12.1 Å². The molecule has 0 unspecified atom stereocenters. The van der Waals surface area contributed by atoms with Gasteiger partial charge < -0.3 is 5.11 Å². The molecule has 1 aromatic carbocycles. The zero-order valence-corrected chi connectivity index (χ0v) is 5.97. The van der Waals surface area contributed by atoms with Gasteiger partial charge in [0.15, 0.2) is 17.9 Å². The molecule has 58 valence electrons. The maximum absolute atomic E-state index is 12.7. The van der Waals surface area contributed by atoms with Crippen LogP contribution in [0.15, 0.2) is 12.1 Å². The van der Waals surface area contributed by atoms with E-state index in [4.69, 9.17) is 5.11 Å². The monoisotopic (exact) mass is 154 g/mol. The standard InChI is InChI=1S/C8H7FO2/c1-5-2-6(4-10)8(9)7(11)3-5/h2-4,11H,1H3. The molecule has 0 fully saturated rings. The molecule has 1 N–H and O–H groups in total. The van der Waals surface area contributed by atoms with E-state index in [9.17, 15) is 9.18 Å². The van der Waals surface area contributed by atoms with E-state index < -0.39 is 11.6 Å². The minimum atomic E-state index is -0.856. The van der Waals surface area contributed by atoms with Gasteiger partial charge in [-0.3, -0.25) is 4.79 Å². The van der Waals surface area contributed by atoms with Gasteiger partial charge in [-0.15, -0.1) is 0 Å². The molecule has 1 rings (SSSR count). The van der Waals surface area contributed by atoms with E-state index in [2.05, 4.69) is 0 Å². The van der Waals surface area contributed by atoms with Crippen LogP contribution in [0.5, 0.6) is 5.75 Å². The predicted molar refractivity (Wildman–Crippen MR) is 38.2 cm³/mol. The molecule has 0 radical (unpaired) electrons. The summed E-state index contributed by atoms with van der Waals surface area (Å²) >= 11 is 0. The maximum atomic E-state index is 12.7. The van der Waals surface area contributed by atoms with E-state index in [1.54, 1.807) is 6.92 Å². The van der Waals surface area contributed by atoms with Crippen LogP contribution < -0.4 is 0 Å². The molecule has 0 aliphatic heterocycles. The van der Waals surface area contributed by atoms with Gasteiger partial charge in [-0.2, -0.15) is 0 Å². The Labute approximate surface area is 63.3 Å². The third-order valence-corrected chi connectivity index (χ3v) is 1.35. The second-order valence-electron chi connectivity index (χ2n) is 2.31. The number of halogens is 1. The lowest BCUT2D eigenvalue weighted by Crippen LogP contribution is -1.89. The summed E-state index contributed by atoms with van der Waals surface area (Å²) in [6, 6.07) is 2.64. The first-order valence-electron chi connectivity index (χ1n) is 3.09. The normalized spacial score (nSPS) is 9.64. The molecule has 0 aliphatic carbocycles. The summed E-state index contributed by atoms with van der Waals surface area (Å²) < 4.78 is 12.7. The summed E-state index contributed by atoms with van der Waals surface area (Å²) in [6.07, 6.45) is 0.377. The SMILES string of the molecule is Cc1cc(O)c(F)c(C=O)c1. The minimum absolute atomic E-state index is 0.109. The number of hydrogen-bond donors (Lipinski definition) is 1. The Balaban J connectivity index is 3.35. The number of rotatable bonds is 1. The molecule has 0 aromatic heterocycles. The Morgan fingerprint density at radius 1 is 1.55 bits per heavy atom. The van der Waals surface area contributed by atoms with E-state index in [-0.39, 0.29) is 5.56 Å². The van der Waals surface area contributed by atoms with Crippen molar-refractivity contribution in [2.45, 2.75) is 6.92 Å². The van der Waals surface area contributed by atoms with E-state index >= 15 is 0 Å². The van der Waals surface area contributed by atoms with Crippen molar-refractivity contribution in [3.63, 3.8) is 0 Å². The van der Waals surface area contributed by atoms with Gasteiger partial charge in [-0.1, -0.05) is 0 Å². The van der Waals surface area contributed by atoms with Gasteiger partial charge in [0.25, 0.3) is 0 Å². The Morgan fingerprint density at radius 2 is 2.18 bits per heavy atom. The van der Waals surface area contributed by atoms with E-state index in [0.29, 0.717) is 11.8 Å². The molecule has 0 atom stereocenters.